The standard InChI is InChI=1S/C45H50ClN9O8S/c1-45(2)13-11-31(36(25-45)29-3-5-32(46)6-4-29)27-52-15-17-53(18-16-52)40-10-8-35(42(49-40)54-19-20-63-44-39(54)23-30-12-14-47-41(30)50-44)43(56)51-64(59,60)34-7-9-37(38(24-34)55(57)58)48-26-33-28-61-21-22-62-33/h3-10,12,14,23-24,33,48H,11,13,15-22,25-28H2,1-2H3,(H,47,50)(H,51,56). The zero-order chi connectivity index (χ0) is 44.6. The number of halogens is 1. The number of nitro benzene ring substituents is 1. The number of hydrogen-bond donors (Lipinski definition) is 3. The Hall–Kier alpha value is -5.79. The molecular weight excluding hydrogens is 862 g/mol. The molecule has 3 N–H and O–H groups in total. The molecule has 2 fully saturated rings. The number of nitrogens with zero attached hydrogens (tertiary/aromatic N) is 6. The number of pyridine rings is 2. The van der Waals surface area contributed by atoms with Gasteiger partial charge in [0.15, 0.2) is 0 Å². The van der Waals surface area contributed by atoms with Gasteiger partial charge in [0, 0.05) is 61.9 Å². The van der Waals surface area contributed by atoms with Crippen molar-refractivity contribution in [2.75, 3.05) is 87.4 Å². The van der Waals surface area contributed by atoms with Crippen molar-refractivity contribution in [2.45, 2.75) is 44.1 Å². The molecule has 5 aromatic rings. The summed E-state index contributed by atoms with van der Waals surface area (Å²) in [5.74, 6) is 0.225. The second-order valence-corrected chi connectivity index (χ2v) is 19.4. The minimum Gasteiger partial charge on any atom is -0.474 e. The van der Waals surface area contributed by atoms with Crippen LogP contribution in [0.3, 0.4) is 0 Å². The first-order valence-corrected chi connectivity index (χ1v) is 23.3. The van der Waals surface area contributed by atoms with E-state index in [1.165, 1.54) is 28.8 Å². The minimum atomic E-state index is -4.61. The van der Waals surface area contributed by atoms with Crippen LogP contribution in [0.4, 0.5) is 28.7 Å². The van der Waals surface area contributed by atoms with E-state index in [1.807, 2.05) is 29.2 Å². The molecule has 336 valence electrons. The largest absolute Gasteiger partial charge is 0.474 e. The number of allylic oxidation sites excluding steroid dienone is 1. The maximum atomic E-state index is 14.2. The number of carbonyl (C=O) groups excluding carboxylic acids is 1. The van der Waals surface area contributed by atoms with Gasteiger partial charge in [-0.25, -0.2) is 18.1 Å². The third kappa shape index (κ3) is 9.37. The first-order valence-electron chi connectivity index (χ1n) is 21.4. The van der Waals surface area contributed by atoms with E-state index in [0.717, 1.165) is 55.4 Å². The molecule has 1 amide bonds. The van der Waals surface area contributed by atoms with Crippen molar-refractivity contribution < 1.29 is 32.3 Å². The highest BCUT2D eigenvalue weighted by molar-refractivity contribution is 7.90. The first-order chi connectivity index (χ1) is 30.8. The summed E-state index contributed by atoms with van der Waals surface area (Å²) >= 11 is 6.26. The summed E-state index contributed by atoms with van der Waals surface area (Å²) in [5, 5.41) is 16.6. The quantitative estimate of drug-likeness (QED) is 0.0875. The Morgan fingerprint density at radius 3 is 2.58 bits per heavy atom. The summed E-state index contributed by atoms with van der Waals surface area (Å²) < 4.78 is 46.8. The van der Waals surface area contributed by atoms with E-state index < -0.39 is 31.4 Å². The molecule has 64 heavy (non-hydrogen) atoms. The summed E-state index contributed by atoms with van der Waals surface area (Å²) in [5.41, 5.74) is 5.09. The van der Waals surface area contributed by atoms with Crippen LogP contribution in [0.2, 0.25) is 5.02 Å². The van der Waals surface area contributed by atoms with Gasteiger partial charge >= 0.3 is 0 Å². The molecule has 9 rings (SSSR count). The number of sulfonamides is 1. The lowest BCUT2D eigenvalue weighted by Crippen LogP contribution is -2.47. The van der Waals surface area contributed by atoms with E-state index in [2.05, 4.69) is 55.8 Å². The molecule has 17 nitrogen and oxygen atoms in total. The van der Waals surface area contributed by atoms with Crippen LogP contribution in [-0.2, 0) is 19.5 Å². The highest BCUT2D eigenvalue weighted by atomic mass is 35.5. The van der Waals surface area contributed by atoms with Crippen molar-refractivity contribution in [3.05, 3.63) is 105 Å². The Morgan fingerprint density at radius 1 is 1.00 bits per heavy atom. The van der Waals surface area contributed by atoms with Crippen LogP contribution in [0.25, 0.3) is 16.6 Å². The molecule has 2 saturated heterocycles. The molecule has 2 aromatic carbocycles. The normalized spacial score (nSPS) is 19.3. The molecule has 1 unspecified atom stereocenters. The molecule has 0 radical (unpaired) electrons. The topological polar surface area (TPSA) is 197 Å². The fourth-order valence-corrected chi connectivity index (χ4v) is 9.90. The number of ether oxygens (including phenoxy) is 3. The number of aromatic amines is 1. The average molecular weight is 912 g/mol. The van der Waals surface area contributed by atoms with Gasteiger partial charge in [-0.3, -0.25) is 19.8 Å². The lowest BCUT2D eigenvalue weighted by molar-refractivity contribution is -0.384. The predicted octanol–water partition coefficient (Wildman–Crippen LogP) is 6.78. The number of benzene rings is 2. The van der Waals surface area contributed by atoms with Crippen LogP contribution < -0.4 is 24.6 Å². The molecule has 3 aromatic heterocycles. The van der Waals surface area contributed by atoms with Crippen molar-refractivity contribution in [1.29, 1.82) is 0 Å². The maximum absolute atomic E-state index is 14.2. The van der Waals surface area contributed by atoms with Crippen LogP contribution in [0.5, 0.6) is 5.88 Å². The van der Waals surface area contributed by atoms with E-state index in [0.29, 0.717) is 62.5 Å². The number of amides is 1. The zero-order valence-corrected chi connectivity index (χ0v) is 37.2. The van der Waals surface area contributed by atoms with E-state index in [4.69, 9.17) is 30.8 Å². The fraction of sp³-hybridized carbons (Fsp3) is 0.400. The third-order valence-corrected chi connectivity index (χ3v) is 13.9. The average Bonchev–Trinajstić information content (AvgIpc) is 3.76. The monoisotopic (exact) mass is 911 g/mol. The van der Waals surface area contributed by atoms with Crippen molar-refractivity contribution in [3.8, 4) is 5.88 Å². The van der Waals surface area contributed by atoms with Crippen LogP contribution in [0.15, 0.2) is 83.4 Å². The summed E-state index contributed by atoms with van der Waals surface area (Å²) in [6.07, 6.45) is 4.61. The molecule has 4 aliphatic rings. The Morgan fingerprint density at radius 2 is 1.81 bits per heavy atom. The molecular formula is C45H50ClN9O8S. The minimum absolute atomic E-state index is 0.0163. The van der Waals surface area contributed by atoms with E-state index in [1.54, 1.807) is 18.3 Å². The number of aromatic nitrogens is 3. The van der Waals surface area contributed by atoms with Gasteiger partial charge in [0.25, 0.3) is 21.6 Å². The number of nitro groups is 1. The Balaban J connectivity index is 0.975. The van der Waals surface area contributed by atoms with Gasteiger partial charge < -0.3 is 34.3 Å². The van der Waals surface area contributed by atoms with Crippen molar-refractivity contribution in [2.24, 2.45) is 5.41 Å². The number of carbonyl (C=O) groups is 1. The molecule has 0 bridgehead atoms. The summed E-state index contributed by atoms with van der Waals surface area (Å²) in [4.78, 5) is 44.5. The van der Waals surface area contributed by atoms with Crippen LogP contribution in [0, 0.1) is 15.5 Å². The first kappa shape index (κ1) is 43.5. The molecule has 0 spiro atoms. The Bertz CT molecular complexity index is 2710. The number of H-pyrrole nitrogens is 1. The zero-order valence-electron chi connectivity index (χ0n) is 35.6. The number of hydrogen-bond acceptors (Lipinski definition) is 14. The second-order valence-electron chi connectivity index (χ2n) is 17.3. The molecule has 3 aliphatic heterocycles. The van der Waals surface area contributed by atoms with E-state index >= 15 is 0 Å². The SMILES string of the molecule is CC1(C)CCC(CN2CCN(c3ccc(C(=O)NS(=O)(=O)c4ccc(NCC5COCCO5)c([N+](=O)[O-])c4)c(N4CCOc5nc6[nH]ccc6cc54)n3)CC2)=C(c2ccc(Cl)cc2)C1. The lowest BCUT2D eigenvalue weighted by atomic mass is 9.72. The number of anilines is 4. The number of piperazine rings is 1. The van der Waals surface area contributed by atoms with Crippen LogP contribution in [0.1, 0.15) is 49.0 Å². The summed E-state index contributed by atoms with van der Waals surface area (Å²) in [6, 6.07) is 18.7. The molecule has 0 saturated carbocycles. The molecule has 1 aliphatic carbocycles. The van der Waals surface area contributed by atoms with Crippen LogP contribution >= 0.6 is 11.6 Å². The van der Waals surface area contributed by atoms with Crippen LogP contribution in [-0.4, -0.2) is 117 Å². The van der Waals surface area contributed by atoms with Gasteiger partial charge in [0.05, 0.1) is 47.9 Å². The van der Waals surface area contributed by atoms with Gasteiger partial charge in [-0.1, -0.05) is 43.2 Å². The predicted molar refractivity (Wildman–Crippen MR) is 244 cm³/mol. The van der Waals surface area contributed by atoms with Crippen molar-refractivity contribution >= 4 is 72.8 Å². The summed E-state index contributed by atoms with van der Waals surface area (Å²) in [6.45, 7) is 10.4. The second kappa shape index (κ2) is 18.0. The Kier molecular flexibility index (Phi) is 12.2. The van der Waals surface area contributed by atoms with Gasteiger partial charge in [0.1, 0.15) is 35.3 Å². The maximum Gasteiger partial charge on any atom is 0.293 e. The molecule has 6 heterocycles. The van der Waals surface area contributed by atoms with Gasteiger partial charge in [0.2, 0.25) is 5.88 Å². The highest BCUT2D eigenvalue weighted by Gasteiger charge is 2.33. The number of rotatable bonds is 12. The smallest absolute Gasteiger partial charge is 0.293 e. The number of nitrogens with one attached hydrogen (secondary N) is 3. The highest BCUT2D eigenvalue weighted by Crippen LogP contribution is 2.44. The number of fused-ring (bicyclic) bond motifs is 2. The van der Waals surface area contributed by atoms with Gasteiger partial charge in [-0.2, -0.15) is 4.98 Å². The third-order valence-electron chi connectivity index (χ3n) is 12.3. The fourth-order valence-electron chi connectivity index (χ4n) is 8.79. The Labute approximate surface area is 375 Å². The van der Waals surface area contributed by atoms with Crippen molar-refractivity contribution in [3.63, 3.8) is 0 Å². The lowest BCUT2D eigenvalue weighted by Gasteiger charge is -2.39. The summed E-state index contributed by atoms with van der Waals surface area (Å²) in [7, 11) is -4.61. The molecule has 19 heteroatoms. The van der Waals surface area contributed by atoms with E-state index in [9.17, 15) is 23.3 Å². The molecule has 1 atom stereocenters. The van der Waals surface area contributed by atoms with Crippen molar-refractivity contribution in [1.82, 2.24) is 24.6 Å². The van der Waals surface area contributed by atoms with Gasteiger partial charge in [-0.05, 0) is 84.3 Å². The van der Waals surface area contributed by atoms with E-state index in [-0.39, 0.29) is 41.7 Å². The van der Waals surface area contributed by atoms with Gasteiger partial charge in [-0.15, -0.1) is 0 Å².